The molecule has 2 unspecified atom stereocenters. The van der Waals surface area contributed by atoms with Gasteiger partial charge in [-0.3, -0.25) is 5.32 Å². The maximum atomic E-state index is 9.77. The number of benzene rings is 1. The average Bonchev–Trinajstić information content (AvgIpc) is 2.95. The van der Waals surface area contributed by atoms with Crippen molar-refractivity contribution in [2.24, 2.45) is 0 Å². The molecule has 7 heteroatoms. The molecule has 1 aromatic carbocycles. The van der Waals surface area contributed by atoms with Crippen molar-refractivity contribution in [2.45, 2.75) is 31.1 Å². The first-order chi connectivity index (χ1) is 10.9. The largest absolute Gasteiger partial charge is 0.479 e. The van der Waals surface area contributed by atoms with Gasteiger partial charge in [0.15, 0.2) is 12.2 Å². The summed E-state index contributed by atoms with van der Waals surface area (Å²) in [6.45, 7) is 0.666. The lowest BCUT2D eigenvalue weighted by atomic mass is 10.1. The van der Waals surface area contributed by atoms with E-state index >= 15 is 0 Å². The Labute approximate surface area is 133 Å². The molecule has 1 aliphatic rings. The van der Waals surface area contributed by atoms with Crippen molar-refractivity contribution in [3.8, 4) is 12.3 Å². The fourth-order valence-electron chi connectivity index (χ4n) is 2.22. The summed E-state index contributed by atoms with van der Waals surface area (Å²) in [5.74, 6) is -0.923. The topological polar surface area (TPSA) is 127 Å². The molecule has 1 aliphatic carbocycles. The van der Waals surface area contributed by atoms with Crippen LogP contribution >= 0.6 is 0 Å². The van der Waals surface area contributed by atoms with E-state index in [-0.39, 0.29) is 0 Å². The molecule has 0 fully saturated rings. The molecular weight excluding hydrogens is 302 g/mol. The smallest absolute Gasteiger partial charge is 0.335 e. The summed E-state index contributed by atoms with van der Waals surface area (Å²) in [4.78, 5) is 19.5. The summed E-state index contributed by atoms with van der Waals surface area (Å²) in [5.41, 5.74) is 2.90. The summed E-state index contributed by atoms with van der Waals surface area (Å²) < 4.78 is 0. The van der Waals surface area contributed by atoms with Crippen LogP contribution in [-0.2, 0) is 16.0 Å². The van der Waals surface area contributed by atoms with Crippen LogP contribution < -0.4 is 5.32 Å². The molecule has 0 saturated carbocycles. The standard InChI is InChI=1S/C12H13N.C4H6O6/c1-2-9-13-12-8-7-10-5-3-4-6-11(10)12;5-1(3(7)8)2(6)4(9)10/h1,3-6,12-13H,7-9H2;1-2,5-6H,(H,7,8)(H,9,10)/t12-;/m1./s1. The van der Waals surface area contributed by atoms with E-state index in [4.69, 9.17) is 26.8 Å². The van der Waals surface area contributed by atoms with E-state index in [0.29, 0.717) is 12.6 Å². The third-order valence-corrected chi connectivity index (χ3v) is 3.39. The molecule has 3 atom stereocenters. The van der Waals surface area contributed by atoms with Crippen molar-refractivity contribution >= 4 is 11.9 Å². The number of carbonyl (C=O) groups is 2. The van der Waals surface area contributed by atoms with Crippen LogP contribution in [0.1, 0.15) is 23.6 Å². The Morgan fingerprint density at radius 1 is 1.22 bits per heavy atom. The number of fused-ring (bicyclic) bond motifs is 1. The molecule has 0 heterocycles. The minimum Gasteiger partial charge on any atom is -0.479 e. The monoisotopic (exact) mass is 321 g/mol. The third kappa shape index (κ3) is 5.38. The number of aryl methyl sites for hydroxylation is 1. The van der Waals surface area contributed by atoms with Crippen molar-refractivity contribution in [3.63, 3.8) is 0 Å². The van der Waals surface area contributed by atoms with Gasteiger partial charge in [-0.1, -0.05) is 30.2 Å². The maximum absolute atomic E-state index is 9.77. The van der Waals surface area contributed by atoms with Crippen LogP contribution in [0.25, 0.3) is 0 Å². The van der Waals surface area contributed by atoms with Crippen molar-refractivity contribution in [1.82, 2.24) is 5.32 Å². The lowest BCUT2D eigenvalue weighted by molar-refractivity contribution is -0.165. The fraction of sp³-hybridized carbons (Fsp3) is 0.375. The zero-order chi connectivity index (χ0) is 17.4. The number of aliphatic hydroxyl groups is 2. The molecule has 124 valence electrons. The minimum atomic E-state index is -2.27. The first-order valence-corrected chi connectivity index (χ1v) is 6.94. The van der Waals surface area contributed by atoms with Crippen LogP contribution in [0, 0.1) is 12.3 Å². The van der Waals surface area contributed by atoms with E-state index in [9.17, 15) is 9.59 Å². The molecule has 2 rings (SSSR count). The van der Waals surface area contributed by atoms with Crippen molar-refractivity contribution in [2.75, 3.05) is 6.54 Å². The van der Waals surface area contributed by atoms with Gasteiger partial charge in [0.05, 0.1) is 6.54 Å². The van der Waals surface area contributed by atoms with Crippen molar-refractivity contribution in [3.05, 3.63) is 35.4 Å². The molecular formula is C16H19NO6. The third-order valence-electron chi connectivity index (χ3n) is 3.39. The van der Waals surface area contributed by atoms with Crippen molar-refractivity contribution in [1.29, 1.82) is 0 Å². The van der Waals surface area contributed by atoms with Crippen LogP contribution in [0.4, 0.5) is 0 Å². The minimum absolute atomic E-state index is 0.479. The maximum Gasteiger partial charge on any atom is 0.335 e. The molecule has 0 saturated heterocycles. The number of aliphatic carboxylic acids is 2. The molecule has 0 aromatic heterocycles. The highest BCUT2D eigenvalue weighted by atomic mass is 16.4. The Bertz CT molecular complexity index is 576. The van der Waals surface area contributed by atoms with Gasteiger partial charge in [-0.25, -0.2) is 9.59 Å². The highest BCUT2D eigenvalue weighted by Crippen LogP contribution is 2.30. The van der Waals surface area contributed by atoms with E-state index in [1.807, 2.05) is 0 Å². The lowest BCUT2D eigenvalue weighted by Crippen LogP contribution is -2.39. The van der Waals surface area contributed by atoms with Crippen LogP contribution in [0.2, 0.25) is 0 Å². The number of hydrogen-bond donors (Lipinski definition) is 5. The molecule has 0 amide bonds. The number of terminal acetylenes is 1. The molecule has 0 bridgehead atoms. The lowest BCUT2D eigenvalue weighted by Gasteiger charge is -2.10. The van der Waals surface area contributed by atoms with E-state index < -0.39 is 24.1 Å². The van der Waals surface area contributed by atoms with Gasteiger partial charge < -0.3 is 20.4 Å². The fourth-order valence-corrected chi connectivity index (χ4v) is 2.22. The summed E-state index contributed by atoms with van der Waals surface area (Å²) in [6.07, 6.45) is 3.04. The second kappa shape index (κ2) is 8.90. The first kappa shape index (κ1) is 18.6. The first-order valence-electron chi connectivity index (χ1n) is 6.94. The number of carboxylic acid groups (broad SMARTS) is 2. The summed E-state index contributed by atoms with van der Waals surface area (Å²) in [5, 5.41) is 35.9. The Balaban J connectivity index is 0.000000241. The molecule has 23 heavy (non-hydrogen) atoms. The summed E-state index contributed by atoms with van der Waals surface area (Å²) in [6, 6.07) is 9.06. The van der Waals surface area contributed by atoms with Crippen LogP contribution in [-0.4, -0.2) is 51.1 Å². The van der Waals surface area contributed by atoms with Gasteiger partial charge in [-0.05, 0) is 24.0 Å². The predicted molar refractivity (Wildman–Crippen MR) is 81.6 cm³/mol. The van der Waals surface area contributed by atoms with Gasteiger partial charge in [0, 0.05) is 6.04 Å². The molecule has 0 spiro atoms. The highest BCUT2D eigenvalue weighted by molar-refractivity contribution is 5.83. The van der Waals surface area contributed by atoms with E-state index in [1.54, 1.807) is 0 Å². The molecule has 5 N–H and O–H groups in total. The molecule has 0 radical (unpaired) electrons. The second-order valence-electron chi connectivity index (χ2n) is 4.94. The Morgan fingerprint density at radius 3 is 2.30 bits per heavy atom. The van der Waals surface area contributed by atoms with Gasteiger partial charge in [0.25, 0.3) is 0 Å². The number of rotatable bonds is 5. The number of aliphatic hydroxyl groups excluding tert-OH is 2. The second-order valence-corrected chi connectivity index (χ2v) is 4.94. The quantitative estimate of drug-likeness (QED) is 0.474. The molecule has 1 aromatic rings. The summed E-state index contributed by atoms with van der Waals surface area (Å²) in [7, 11) is 0. The molecule has 0 aliphatic heterocycles. The van der Waals surface area contributed by atoms with Crippen LogP contribution in [0.15, 0.2) is 24.3 Å². The van der Waals surface area contributed by atoms with Crippen LogP contribution in [0.5, 0.6) is 0 Å². The van der Waals surface area contributed by atoms with Gasteiger partial charge in [0.2, 0.25) is 0 Å². The van der Waals surface area contributed by atoms with E-state index in [2.05, 4.69) is 35.5 Å². The van der Waals surface area contributed by atoms with Gasteiger partial charge in [-0.2, -0.15) is 0 Å². The molecule has 7 nitrogen and oxygen atoms in total. The number of hydrogen-bond acceptors (Lipinski definition) is 5. The Kier molecular flexibility index (Phi) is 7.22. The van der Waals surface area contributed by atoms with Gasteiger partial charge in [0.1, 0.15) is 0 Å². The normalized spacial score (nSPS) is 17.9. The van der Waals surface area contributed by atoms with Crippen molar-refractivity contribution < 1.29 is 30.0 Å². The van der Waals surface area contributed by atoms with E-state index in [1.165, 1.54) is 24.0 Å². The number of nitrogens with one attached hydrogen (secondary N) is 1. The Hall–Kier alpha value is -2.40. The zero-order valence-corrected chi connectivity index (χ0v) is 12.3. The van der Waals surface area contributed by atoms with Crippen LogP contribution in [0.3, 0.4) is 0 Å². The van der Waals surface area contributed by atoms with Gasteiger partial charge in [-0.15, -0.1) is 6.42 Å². The van der Waals surface area contributed by atoms with Gasteiger partial charge >= 0.3 is 11.9 Å². The SMILES string of the molecule is C#CCN[C@@H]1CCc2ccccc21.O=C(O)C(O)C(O)C(=O)O. The highest BCUT2D eigenvalue weighted by Gasteiger charge is 2.29. The van der Waals surface area contributed by atoms with E-state index in [0.717, 1.165) is 0 Å². The Morgan fingerprint density at radius 2 is 1.78 bits per heavy atom. The average molecular weight is 321 g/mol. The summed E-state index contributed by atoms with van der Waals surface area (Å²) >= 11 is 0. The number of carboxylic acids is 2. The predicted octanol–water partition coefficient (Wildman–Crippen LogP) is -0.226. The zero-order valence-electron chi connectivity index (χ0n) is 12.3.